The third kappa shape index (κ3) is 3.95. The van der Waals surface area contributed by atoms with Crippen LogP contribution in [0.2, 0.25) is 0 Å². The lowest BCUT2D eigenvalue weighted by molar-refractivity contribution is -0.126. The lowest BCUT2D eigenvalue weighted by Crippen LogP contribution is -2.44. The van der Waals surface area contributed by atoms with Crippen LogP contribution in [0.15, 0.2) is 60.7 Å². The SMILES string of the molecule is COCCNC(=O)C(C)(Cc1ccccc1)c1ccccc1. The van der Waals surface area contributed by atoms with Crippen molar-refractivity contribution in [1.82, 2.24) is 5.32 Å². The smallest absolute Gasteiger partial charge is 0.230 e. The van der Waals surface area contributed by atoms with Crippen molar-refractivity contribution in [3.05, 3.63) is 71.8 Å². The molecule has 0 saturated carbocycles. The van der Waals surface area contributed by atoms with Gasteiger partial charge < -0.3 is 10.1 Å². The molecular weight excluding hydrogens is 274 g/mol. The lowest BCUT2D eigenvalue weighted by atomic mass is 9.76. The van der Waals surface area contributed by atoms with Crippen LogP contribution in [0.3, 0.4) is 0 Å². The van der Waals surface area contributed by atoms with E-state index in [9.17, 15) is 4.79 Å². The number of rotatable bonds is 7. The Kier molecular flexibility index (Phi) is 5.73. The summed E-state index contributed by atoms with van der Waals surface area (Å²) in [5, 5.41) is 2.98. The van der Waals surface area contributed by atoms with Gasteiger partial charge in [0, 0.05) is 13.7 Å². The van der Waals surface area contributed by atoms with Crippen molar-refractivity contribution in [3.8, 4) is 0 Å². The molecule has 2 rings (SSSR count). The van der Waals surface area contributed by atoms with Crippen molar-refractivity contribution in [2.75, 3.05) is 20.3 Å². The van der Waals surface area contributed by atoms with Crippen LogP contribution in [-0.2, 0) is 21.4 Å². The number of hydrogen-bond donors (Lipinski definition) is 1. The second-order valence-corrected chi connectivity index (χ2v) is 5.61. The van der Waals surface area contributed by atoms with Crippen molar-refractivity contribution < 1.29 is 9.53 Å². The lowest BCUT2D eigenvalue weighted by Gasteiger charge is -2.29. The van der Waals surface area contributed by atoms with E-state index in [2.05, 4.69) is 17.4 Å². The number of benzene rings is 2. The molecule has 1 unspecified atom stereocenters. The average molecular weight is 297 g/mol. The van der Waals surface area contributed by atoms with E-state index in [4.69, 9.17) is 4.74 Å². The molecule has 0 aliphatic heterocycles. The fourth-order valence-corrected chi connectivity index (χ4v) is 2.59. The van der Waals surface area contributed by atoms with E-state index >= 15 is 0 Å². The first-order valence-electron chi connectivity index (χ1n) is 7.53. The zero-order valence-electron chi connectivity index (χ0n) is 13.2. The predicted molar refractivity (Wildman–Crippen MR) is 88.8 cm³/mol. The Hall–Kier alpha value is -2.13. The maximum absolute atomic E-state index is 12.8. The Balaban J connectivity index is 2.26. The van der Waals surface area contributed by atoms with Crippen molar-refractivity contribution in [1.29, 1.82) is 0 Å². The molecule has 1 atom stereocenters. The van der Waals surface area contributed by atoms with Crippen LogP contribution in [0.25, 0.3) is 0 Å². The molecule has 116 valence electrons. The van der Waals surface area contributed by atoms with Gasteiger partial charge in [-0.25, -0.2) is 0 Å². The van der Waals surface area contributed by atoms with E-state index in [1.165, 1.54) is 0 Å². The van der Waals surface area contributed by atoms with E-state index in [0.717, 1.165) is 11.1 Å². The summed E-state index contributed by atoms with van der Waals surface area (Å²) in [6.07, 6.45) is 0.663. The molecule has 1 amide bonds. The van der Waals surface area contributed by atoms with Crippen molar-refractivity contribution in [2.45, 2.75) is 18.8 Å². The van der Waals surface area contributed by atoms with Gasteiger partial charge in [0.15, 0.2) is 0 Å². The van der Waals surface area contributed by atoms with Crippen LogP contribution < -0.4 is 5.32 Å². The Bertz CT molecular complexity index is 583. The summed E-state index contributed by atoms with van der Waals surface area (Å²) in [6, 6.07) is 20.1. The minimum Gasteiger partial charge on any atom is -0.383 e. The number of carbonyl (C=O) groups is 1. The Labute approximate surface area is 132 Å². The quantitative estimate of drug-likeness (QED) is 0.798. The second-order valence-electron chi connectivity index (χ2n) is 5.61. The average Bonchev–Trinajstić information content (AvgIpc) is 2.56. The zero-order valence-corrected chi connectivity index (χ0v) is 13.2. The minimum absolute atomic E-state index is 0.0274. The number of hydrogen-bond acceptors (Lipinski definition) is 2. The molecule has 2 aromatic carbocycles. The standard InChI is InChI=1S/C19H23NO2/c1-19(17-11-7-4-8-12-17,18(21)20-13-14-22-2)15-16-9-5-3-6-10-16/h3-12H,13-15H2,1-2H3,(H,20,21). The summed E-state index contributed by atoms with van der Waals surface area (Å²) in [6.45, 7) is 3.03. The summed E-state index contributed by atoms with van der Waals surface area (Å²) >= 11 is 0. The normalized spacial score (nSPS) is 13.4. The van der Waals surface area contributed by atoms with Crippen molar-refractivity contribution in [3.63, 3.8) is 0 Å². The molecule has 0 heterocycles. The summed E-state index contributed by atoms with van der Waals surface area (Å²) in [4.78, 5) is 12.8. The van der Waals surface area contributed by atoms with Gasteiger partial charge in [0.05, 0.1) is 12.0 Å². The first-order chi connectivity index (χ1) is 10.7. The highest BCUT2D eigenvalue weighted by Crippen LogP contribution is 2.28. The number of methoxy groups -OCH3 is 1. The van der Waals surface area contributed by atoms with Gasteiger partial charge in [-0.05, 0) is 24.5 Å². The molecule has 0 saturated heterocycles. The fraction of sp³-hybridized carbons (Fsp3) is 0.316. The van der Waals surface area contributed by atoms with Crippen molar-refractivity contribution in [2.24, 2.45) is 0 Å². The highest BCUT2D eigenvalue weighted by atomic mass is 16.5. The second kappa shape index (κ2) is 7.76. The first-order valence-corrected chi connectivity index (χ1v) is 7.53. The molecule has 0 aliphatic carbocycles. The van der Waals surface area contributed by atoms with Crippen LogP contribution in [0.1, 0.15) is 18.1 Å². The van der Waals surface area contributed by atoms with Crippen LogP contribution >= 0.6 is 0 Å². The molecule has 2 aromatic rings. The van der Waals surface area contributed by atoms with E-state index in [1.807, 2.05) is 55.5 Å². The van der Waals surface area contributed by atoms with Crippen LogP contribution in [0.5, 0.6) is 0 Å². The molecule has 3 nitrogen and oxygen atoms in total. The molecule has 0 bridgehead atoms. The van der Waals surface area contributed by atoms with Crippen LogP contribution in [0.4, 0.5) is 0 Å². The monoisotopic (exact) mass is 297 g/mol. The predicted octanol–water partition coefficient (Wildman–Crippen LogP) is 2.95. The molecule has 22 heavy (non-hydrogen) atoms. The first kappa shape index (κ1) is 16.2. The molecule has 0 aliphatic rings. The summed E-state index contributed by atoms with van der Waals surface area (Å²) in [5.74, 6) is 0.0274. The maximum atomic E-state index is 12.8. The molecule has 3 heteroatoms. The zero-order chi connectivity index (χ0) is 15.8. The van der Waals surface area contributed by atoms with Gasteiger partial charge >= 0.3 is 0 Å². The van der Waals surface area contributed by atoms with E-state index in [-0.39, 0.29) is 5.91 Å². The van der Waals surface area contributed by atoms with Gasteiger partial charge in [0.2, 0.25) is 5.91 Å². The number of nitrogens with one attached hydrogen (secondary N) is 1. The molecule has 1 N–H and O–H groups in total. The molecule has 0 aromatic heterocycles. The maximum Gasteiger partial charge on any atom is 0.230 e. The third-order valence-electron chi connectivity index (χ3n) is 3.90. The van der Waals surface area contributed by atoms with E-state index in [0.29, 0.717) is 19.6 Å². The largest absolute Gasteiger partial charge is 0.383 e. The van der Waals surface area contributed by atoms with Gasteiger partial charge in [0.1, 0.15) is 0 Å². The summed E-state index contributed by atoms with van der Waals surface area (Å²) in [5.41, 5.74) is 1.57. The van der Waals surface area contributed by atoms with E-state index in [1.54, 1.807) is 7.11 Å². The molecule has 0 fully saturated rings. The fourth-order valence-electron chi connectivity index (χ4n) is 2.59. The van der Waals surface area contributed by atoms with Gasteiger partial charge in [-0.15, -0.1) is 0 Å². The molecular formula is C19H23NO2. The highest BCUT2D eigenvalue weighted by Gasteiger charge is 2.35. The Morgan fingerprint density at radius 3 is 2.23 bits per heavy atom. The van der Waals surface area contributed by atoms with Gasteiger partial charge in [0.25, 0.3) is 0 Å². The minimum atomic E-state index is -0.601. The Morgan fingerprint density at radius 1 is 1.05 bits per heavy atom. The topological polar surface area (TPSA) is 38.3 Å². The summed E-state index contributed by atoms with van der Waals surface area (Å²) in [7, 11) is 1.63. The number of carbonyl (C=O) groups excluding carboxylic acids is 1. The molecule has 0 spiro atoms. The van der Waals surface area contributed by atoms with Crippen molar-refractivity contribution >= 4 is 5.91 Å². The molecule has 0 radical (unpaired) electrons. The van der Waals surface area contributed by atoms with Gasteiger partial charge in [-0.3, -0.25) is 4.79 Å². The third-order valence-corrected chi connectivity index (χ3v) is 3.90. The number of amides is 1. The Morgan fingerprint density at radius 2 is 1.64 bits per heavy atom. The summed E-state index contributed by atoms with van der Waals surface area (Å²) < 4.78 is 5.01. The van der Waals surface area contributed by atoms with Gasteiger partial charge in [-0.2, -0.15) is 0 Å². The van der Waals surface area contributed by atoms with Crippen LogP contribution in [-0.4, -0.2) is 26.2 Å². The van der Waals surface area contributed by atoms with Crippen LogP contribution in [0, 0.1) is 0 Å². The highest BCUT2D eigenvalue weighted by molar-refractivity contribution is 5.88. The number of ether oxygens (including phenoxy) is 1. The van der Waals surface area contributed by atoms with E-state index < -0.39 is 5.41 Å². The van der Waals surface area contributed by atoms with Gasteiger partial charge in [-0.1, -0.05) is 60.7 Å².